The number of benzene rings is 3. The van der Waals surface area contributed by atoms with Gasteiger partial charge in [0.2, 0.25) is 5.91 Å². The van der Waals surface area contributed by atoms with E-state index in [9.17, 15) is 9.59 Å². The lowest BCUT2D eigenvalue weighted by Crippen LogP contribution is -2.44. The number of hydrogen-bond acceptors (Lipinski definition) is 7. The highest BCUT2D eigenvalue weighted by Gasteiger charge is 2.44. The number of carbonyl (C=O) groups excluding carboxylic acids is 2. The number of anilines is 1. The Morgan fingerprint density at radius 3 is 2.03 bits per heavy atom. The molecule has 0 aromatic heterocycles. The van der Waals surface area contributed by atoms with Gasteiger partial charge >= 0.3 is 0 Å². The average Bonchev–Trinajstić information content (AvgIpc) is 2.95. The van der Waals surface area contributed by atoms with Crippen molar-refractivity contribution in [2.45, 2.75) is 18.9 Å². The summed E-state index contributed by atoms with van der Waals surface area (Å²) in [6, 6.07) is 11.3. The van der Waals surface area contributed by atoms with Gasteiger partial charge in [-0.25, -0.2) is 0 Å². The Morgan fingerprint density at radius 2 is 1.41 bits per heavy atom. The fraction of sp³-hybridized carbons (Fsp3) is 0.310. The molecule has 9 nitrogen and oxygen atoms in total. The summed E-state index contributed by atoms with van der Waals surface area (Å²) < 4.78 is 27.4. The van der Waals surface area contributed by atoms with Gasteiger partial charge in [0.25, 0.3) is 5.91 Å². The Morgan fingerprint density at radius 1 is 0.821 bits per heavy atom. The Hall–Kier alpha value is -4.11. The lowest BCUT2D eigenvalue weighted by Gasteiger charge is -2.40. The van der Waals surface area contributed by atoms with Gasteiger partial charge < -0.3 is 33.9 Å². The summed E-state index contributed by atoms with van der Waals surface area (Å²) in [5.74, 6) is 0.727. The molecule has 1 N–H and O–H groups in total. The van der Waals surface area contributed by atoms with Gasteiger partial charge in [0.15, 0.2) is 23.0 Å². The second-order valence-electron chi connectivity index (χ2n) is 9.04. The summed E-state index contributed by atoms with van der Waals surface area (Å²) in [7, 11) is 9.24. The van der Waals surface area contributed by atoms with Crippen LogP contribution in [0.5, 0.6) is 28.7 Å². The van der Waals surface area contributed by atoms with Crippen molar-refractivity contribution in [1.29, 1.82) is 0 Å². The van der Waals surface area contributed by atoms with Gasteiger partial charge in [0.05, 0.1) is 53.2 Å². The predicted molar refractivity (Wildman–Crippen MR) is 148 cm³/mol. The zero-order valence-electron chi connectivity index (χ0n) is 22.9. The molecule has 0 aliphatic carbocycles. The van der Waals surface area contributed by atoms with Gasteiger partial charge in [-0.1, -0.05) is 17.7 Å². The van der Waals surface area contributed by atoms with E-state index < -0.39 is 12.0 Å². The number of aryl methyl sites for hydroxylation is 1. The van der Waals surface area contributed by atoms with Gasteiger partial charge in [-0.3, -0.25) is 9.59 Å². The molecule has 0 saturated carbocycles. The highest BCUT2D eigenvalue weighted by atomic mass is 35.5. The predicted octanol–water partition coefficient (Wildman–Crippen LogP) is 5.24. The van der Waals surface area contributed by atoms with E-state index in [1.165, 1.54) is 28.4 Å². The molecule has 2 unspecified atom stereocenters. The number of nitrogens with zero attached hydrogens (tertiary/aromatic N) is 1. The van der Waals surface area contributed by atoms with Gasteiger partial charge in [-0.15, -0.1) is 0 Å². The van der Waals surface area contributed by atoms with Crippen molar-refractivity contribution < 1.29 is 33.3 Å². The minimum absolute atomic E-state index is 0.269. The van der Waals surface area contributed by atoms with Crippen LogP contribution in [-0.4, -0.2) is 59.3 Å². The van der Waals surface area contributed by atoms with Gasteiger partial charge in [-0.05, 0) is 53.9 Å². The molecule has 0 spiro atoms. The molecular formula is C29H31ClN2O7. The fourth-order valence-electron chi connectivity index (χ4n) is 4.93. The standard InChI is InChI=1S/C29H31ClN2O7/c1-15-10-20(22(36-4)14-19(15)30)31-28(33)26-17-12-24(38-6)25(39-7)13-18(17)29(34)32(2)27(26)16-8-9-21(35-3)23(11-16)37-5/h8-14,26-27H,1-7H3,(H,31,33). The summed E-state index contributed by atoms with van der Waals surface area (Å²) in [5.41, 5.74) is 2.75. The van der Waals surface area contributed by atoms with Crippen molar-refractivity contribution in [3.63, 3.8) is 0 Å². The molecule has 4 rings (SSSR count). The molecule has 0 bridgehead atoms. The Kier molecular flexibility index (Phi) is 8.11. The number of ether oxygens (including phenoxy) is 5. The number of nitrogens with one attached hydrogen (secondary N) is 1. The Labute approximate surface area is 232 Å². The molecule has 3 aromatic carbocycles. The molecule has 206 valence electrons. The molecule has 1 aliphatic rings. The summed E-state index contributed by atoms with van der Waals surface area (Å²) >= 11 is 6.29. The first-order valence-corrected chi connectivity index (χ1v) is 12.5. The second-order valence-corrected chi connectivity index (χ2v) is 9.45. The van der Waals surface area contributed by atoms with E-state index >= 15 is 0 Å². The maximum atomic E-state index is 14.2. The number of rotatable bonds is 8. The third-order valence-corrected chi connectivity index (χ3v) is 7.35. The van der Waals surface area contributed by atoms with E-state index in [1.54, 1.807) is 55.5 Å². The summed E-state index contributed by atoms with van der Waals surface area (Å²) in [4.78, 5) is 29.4. The lowest BCUT2D eigenvalue weighted by molar-refractivity contribution is -0.119. The lowest BCUT2D eigenvalue weighted by atomic mass is 9.79. The molecule has 10 heteroatoms. The largest absolute Gasteiger partial charge is 0.495 e. The zero-order valence-corrected chi connectivity index (χ0v) is 23.6. The maximum absolute atomic E-state index is 14.2. The van der Waals surface area contributed by atoms with Crippen LogP contribution < -0.4 is 29.0 Å². The van der Waals surface area contributed by atoms with E-state index in [0.717, 1.165) is 5.56 Å². The molecule has 0 saturated heterocycles. The number of fused-ring (bicyclic) bond motifs is 1. The van der Waals surface area contributed by atoms with Crippen LogP contribution in [0, 0.1) is 6.92 Å². The van der Waals surface area contributed by atoms with Crippen molar-refractivity contribution in [2.24, 2.45) is 0 Å². The molecule has 2 atom stereocenters. The van der Waals surface area contributed by atoms with Crippen LogP contribution >= 0.6 is 11.6 Å². The van der Waals surface area contributed by atoms with E-state index in [0.29, 0.717) is 56.1 Å². The van der Waals surface area contributed by atoms with E-state index in [2.05, 4.69) is 5.32 Å². The highest BCUT2D eigenvalue weighted by Crippen LogP contribution is 2.47. The molecule has 3 aromatic rings. The number of methoxy groups -OCH3 is 5. The molecule has 1 aliphatic heterocycles. The fourth-order valence-corrected chi connectivity index (χ4v) is 5.08. The number of carbonyl (C=O) groups is 2. The minimum Gasteiger partial charge on any atom is -0.495 e. The van der Waals surface area contributed by atoms with Gasteiger partial charge in [0, 0.05) is 23.7 Å². The van der Waals surface area contributed by atoms with Crippen molar-refractivity contribution >= 4 is 29.1 Å². The van der Waals surface area contributed by atoms with Crippen molar-refractivity contribution in [3.05, 3.63) is 69.7 Å². The molecule has 0 radical (unpaired) electrons. The van der Waals surface area contributed by atoms with E-state index in [-0.39, 0.29) is 11.8 Å². The summed E-state index contributed by atoms with van der Waals surface area (Å²) in [6.45, 7) is 1.84. The first-order valence-electron chi connectivity index (χ1n) is 12.1. The monoisotopic (exact) mass is 554 g/mol. The SMILES string of the molecule is COc1cc(Cl)c(C)cc1NC(=O)C1c2cc(OC)c(OC)cc2C(=O)N(C)C1c1ccc(OC)c(OC)c1. The molecular weight excluding hydrogens is 524 g/mol. The topological polar surface area (TPSA) is 95.6 Å². The smallest absolute Gasteiger partial charge is 0.254 e. The van der Waals surface area contributed by atoms with Gasteiger partial charge in [-0.2, -0.15) is 0 Å². The van der Waals surface area contributed by atoms with Crippen molar-refractivity contribution in [1.82, 2.24) is 4.90 Å². The first kappa shape index (κ1) is 27.9. The van der Waals surface area contributed by atoms with Crippen LogP contribution in [0.15, 0.2) is 42.5 Å². The van der Waals surface area contributed by atoms with Crippen molar-refractivity contribution in [3.8, 4) is 28.7 Å². The first-order chi connectivity index (χ1) is 18.7. The summed E-state index contributed by atoms with van der Waals surface area (Å²) in [6.07, 6.45) is 0. The number of likely N-dealkylation sites (N-methyl/N-ethyl adjacent to an activating group) is 1. The molecule has 0 fully saturated rings. The zero-order chi connectivity index (χ0) is 28.4. The average molecular weight is 555 g/mol. The van der Waals surface area contributed by atoms with E-state index in [1.807, 2.05) is 13.0 Å². The number of halogens is 1. The molecule has 39 heavy (non-hydrogen) atoms. The second kappa shape index (κ2) is 11.3. The van der Waals surface area contributed by atoms with Crippen LogP contribution in [0.3, 0.4) is 0 Å². The maximum Gasteiger partial charge on any atom is 0.254 e. The quantitative estimate of drug-likeness (QED) is 0.407. The molecule has 1 heterocycles. The van der Waals surface area contributed by atoms with Gasteiger partial charge in [0.1, 0.15) is 5.75 Å². The normalized spacial score (nSPS) is 16.3. The van der Waals surface area contributed by atoms with Crippen LogP contribution in [-0.2, 0) is 4.79 Å². The van der Waals surface area contributed by atoms with Crippen molar-refractivity contribution in [2.75, 3.05) is 47.9 Å². The summed E-state index contributed by atoms with van der Waals surface area (Å²) in [5, 5.41) is 3.52. The van der Waals surface area contributed by atoms with Crippen LogP contribution in [0.2, 0.25) is 5.02 Å². The minimum atomic E-state index is -0.846. The Balaban J connectivity index is 1.92. The third kappa shape index (κ3) is 5.02. The molecule has 2 amide bonds. The number of hydrogen-bond donors (Lipinski definition) is 1. The van der Waals surface area contributed by atoms with Crippen LogP contribution in [0.1, 0.15) is 39.0 Å². The van der Waals surface area contributed by atoms with Crippen LogP contribution in [0.25, 0.3) is 0 Å². The highest BCUT2D eigenvalue weighted by molar-refractivity contribution is 6.31. The van der Waals surface area contributed by atoms with Crippen LogP contribution in [0.4, 0.5) is 5.69 Å². The van der Waals surface area contributed by atoms with E-state index in [4.69, 9.17) is 35.3 Å². The third-order valence-electron chi connectivity index (χ3n) is 6.94. The Bertz CT molecular complexity index is 1430. The number of amides is 2.